The molecule has 116 valence electrons. The number of aromatic amines is 1. The van der Waals surface area contributed by atoms with Gasteiger partial charge in [0.2, 0.25) is 5.91 Å². The van der Waals surface area contributed by atoms with E-state index < -0.39 is 0 Å². The fourth-order valence-corrected chi connectivity index (χ4v) is 2.80. The van der Waals surface area contributed by atoms with Gasteiger partial charge in [-0.25, -0.2) is 4.98 Å². The smallest absolute Gasteiger partial charge is 0.234 e. The number of amides is 1. The van der Waals surface area contributed by atoms with Crippen LogP contribution < -0.4 is 5.32 Å². The van der Waals surface area contributed by atoms with Crippen molar-refractivity contribution in [3.8, 4) is 0 Å². The van der Waals surface area contributed by atoms with Gasteiger partial charge in [0.05, 0.1) is 12.6 Å². The molecule has 22 heavy (non-hydrogen) atoms. The molecule has 0 saturated heterocycles. The summed E-state index contributed by atoms with van der Waals surface area (Å²) in [5, 5.41) is 9.83. The summed E-state index contributed by atoms with van der Waals surface area (Å²) in [6, 6.07) is 8.24. The van der Waals surface area contributed by atoms with Crippen molar-refractivity contribution in [1.82, 2.24) is 25.4 Å². The molecule has 0 aliphatic carbocycles. The molecule has 2 N–H and O–H groups in total. The van der Waals surface area contributed by atoms with Crippen molar-refractivity contribution in [2.45, 2.75) is 32.9 Å². The average Bonchev–Trinajstić information content (AvgIpc) is 2.94. The SMILES string of the molecule is Cc1nc([C@H](C)NC(=O)CN2CCc3ccccc3C2)n[nH]1. The van der Waals surface area contributed by atoms with Gasteiger partial charge in [0.25, 0.3) is 0 Å². The Morgan fingerprint density at radius 3 is 2.91 bits per heavy atom. The number of nitrogens with one attached hydrogen (secondary N) is 2. The maximum Gasteiger partial charge on any atom is 0.234 e. The second kappa shape index (κ2) is 6.27. The van der Waals surface area contributed by atoms with E-state index in [9.17, 15) is 4.79 Å². The van der Waals surface area contributed by atoms with E-state index in [0.717, 1.165) is 25.3 Å². The maximum absolute atomic E-state index is 12.2. The van der Waals surface area contributed by atoms with Crippen molar-refractivity contribution in [2.24, 2.45) is 0 Å². The standard InChI is InChI=1S/C16H21N5O/c1-11(16-18-12(2)19-20-16)17-15(22)10-21-8-7-13-5-3-4-6-14(13)9-21/h3-6,11H,7-10H2,1-2H3,(H,17,22)(H,18,19,20)/t11-/m0/s1. The molecule has 6 heteroatoms. The molecular weight excluding hydrogens is 278 g/mol. The topological polar surface area (TPSA) is 73.9 Å². The van der Waals surface area contributed by atoms with E-state index in [2.05, 4.69) is 49.7 Å². The van der Waals surface area contributed by atoms with Crippen LogP contribution in [-0.2, 0) is 17.8 Å². The number of carbonyl (C=O) groups is 1. The quantitative estimate of drug-likeness (QED) is 0.893. The van der Waals surface area contributed by atoms with Crippen molar-refractivity contribution >= 4 is 5.91 Å². The highest BCUT2D eigenvalue weighted by Crippen LogP contribution is 2.18. The lowest BCUT2D eigenvalue weighted by Gasteiger charge is -2.28. The molecule has 3 rings (SSSR count). The summed E-state index contributed by atoms with van der Waals surface area (Å²) < 4.78 is 0. The summed E-state index contributed by atoms with van der Waals surface area (Å²) >= 11 is 0. The lowest BCUT2D eigenvalue weighted by Crippen LogP contribution is -2.40. The Balaban J connectivity index is 1.54. The monoisotopic (exact) mass is 299 g/mol. The van der Waals surface area contributed by atoms with Gasteiger partial charge in [-0.3, -0.25) is 14.8 Å². The minimum absolute atomic E-state index is 0.00864. The van der Waals surface area contributed by atoms with Crippen LogP contribution in [0.3, 0.4) is 0 Å². The predicted octanol–water partition coefficient (Wildman–Crippen LogP) is 1.35. The Bertz CT molecular complexity index is 666. The molecule has 2 heterocycles. The summed E-state index contributed by atoms with van der Waals surface area (Å²) in [5.74, 6) is 1.38. The van der Waals surface area contributed by atoms with Crippen molar-refractivity contribution in [3.05, 3.63) is 47.0 Å². The Hall–Kier alpha value is -2.21. The van der Waals surface area contributed by atoms with Crippen molar-refractivity contribution in [2.75, 3.05) is 13.1 Å². The number of H-pyrrole nitrogens is 1. The van der Waals surface area contributed by atoms with Gasteiger partial charge in [-0.2, -0.15) is 5.10 Å². The number of fused-ring (bicyclic) bond motifs is 1. The van der Waals surface area contributed by atoms with Crippen molar-refractivity contribution < 1.29 is 4.79 Å². The summed E-state index contributed by atoms with van der Waals surface area (Å²) in [6.45, 7) is 5.89. The van der Waals surface area contributed by atoms with Crippen LogP contribution >= 0.6 is 0 Å². The lowest BCUT2D eigenvalue weighted by molar-refractivity contribution is -0.123. The number of rotatable bonds is 4. The number of carbonyl (C=O) groups excluding carboxylic acids is 1. The third kappa shape index (κ3) is 3.33. The lowest BCUT2D eigenvalue weighted by atomic mass is 10.00. The Morgan fingerprint density at radius 2 is 2.18 bits per heavy atom. The third-order valence-corrected chi connectivity index (χ3v) is 3.96. The zero-order valence-corrected chi connectivity index (χ0v) is 13.0. The first-order valence-corrected chi connectivity index (χ1v) is 7.59. The normalized spacial score (nSPS) is 16.1. The zero-order valence-electron chi connectivity index (χ0n) is 13.0. The van der Waals surface area contributed by atoms with Crippen LogP contribution in [0.5, 0.6) is 0 Å². The molecule has 2 aromatic rings. The molecule has 1 amide bonds. The molecule has 1 aromatic carbocycles. The first-order valence-electron chi connectivity index (χ1n) is 7.59. The third-order valence-electron chi connectivity index (χ3n) is 3.96. The second-order valence-electron chi connectivity index (χ2n) is 5.80. The molecule has 0 radical (unpaired) electrons. The van der Waals surface area contributed by atoms with Crippen LogP contribution in [0.15, 0.2) is 24.3 Å². The molecule has 0 saturated carbocycles. The van der Waals surface area contributed by atoms with E-state index in [1.54, 1.807) is 0 Å². The van der Waals surface area contributed by atoms with E-state index in [4.69, 9.17) is 0 Å². The van der Waals surface area contributed by atoms with E-state index in [0.29, 0.717) is 12.4 Å². The van der Waals surface area contributed by atoms with Crippen LogP contribution in [0.4, 0.5) is 0 Å². The van der Waals surface area contributed by atoms with Gasteiger partial charge in [-0.05, 0) is 31.4 Å². The highest BCUT2D eigenvalue weighted by Gasteiger charge is 2.20. The number of benzene rings is 1. The molecule has 0 bridgehead atoms. The molecule has 1 aliphatic heterocycles. The van der Waals surface area contributed by atoms with E-state index in [1.165, 1.54) is 11.1 Å². The minimum Gasteiger partial charge on any atom is -0.345 e. The van der Waals surface area contributed by atoms with Crippen LogP contribution in [0.25, 0.3) is 0 Å². The molecule has 1 aromatic heterocycles. The highest BCUT2D eigenvalue weighted by atomic mass is 16.2. The average molecular weight is 299 g/mol. The largest absolute Gasteiger partial charge is 0.345 e. The van der Waals surface area contributed by atoms with E-state index in [1.807, 2.05) is 13.8 Å². The van der Waals surface area contributed by atoms with Crippen LogP contribution in [0.1, 0.15) is 35.7 Å². The van der Waals surface area contributed by atoms with Gasteiger partial charge >= 0.3 is 0 Å². The molecule has 1 aliphatic rings. The minimum atomic E-state index is -0.186. The predicted molar refractivity (Wildman–Crippen MR) is 83.1 cm³/mol. The van der Waals surface area contributed by atoms with Crippen molar-refractivity contribution in [3.63, 3.8) is 0 Å². The highest BCUT2D eigenvalue weighted by molar-refractivity contribution is 5.78. The molecular formula is C16H21N5O. The van der Waals surface area contributed by atoms with Crippen LogP contribution in [-0.4, -0.2) is 39.1 Å². The first kappa shape index (κ1) is 14.7. The van der Waals surface area contributed by atoms with E-state index in [-0.39, 0.29) is 11.9 Å². The molecule has 1 atom stereocenters. The second-order valence-corrected chi connectivity index (χ2v) is 5.80. The number of nitrogens with zero attached hydrogens (tertiary/aromatic N) is 3. The zero-order chi connectivity index (χ0) is 15.5. The van der Waals surface area contributed by atoms with Crippen LogP contribution in [0, 0.1) is 6.92 Å². The molecule has 0 spiro atoms. The van der Waals surface area contributed by atoms with E-state index >= 15 is 0 Å². The van der Waals surface area contributed by atoms with Gasteiger partial charge in [0.15, 0.2) is 5.82 Å². The van der Waals surface area contributed by atoms with Crippen LogP contribution in [0.2, 0.25) is 0 Å². The van der Waals surface area contributed by atoms with Crippen molar-refractivity contribution in [1.29, 1.82) is 0 Å². The maximum atomic E-state index is 12.2. The number of aromatic nitrogens is 3. The van der Waals surface area contributed by atoms with Gasteiger partial charge in [0.1, 0.15) is 5.82 Å². The fourth-order valence-electron chi connectivity index (χ4n) is 2.80. The van der Waals surface area contributed by atoms with Gasteiger partial charge in [0, 0.05) is 13.1 Å². The summed E-state index contributed by atoms with van der Waals surface area (Å²) in [7, 11) is 0. The Morgan fingerprint density at radius 1 is 1.41 bits per heavy atom. The Labute approximate surface area is 129 Å². The number of hydrogen-bond acceptors (Lipinski definition) is 4. The first-order chi connectivity index (χ1) is 10.6. The number of hydrogen-bond donors (Lipinski definition) is 2. The van der Waals surface area contributed by atoms with Gasteiger partial charge < -0.3 is 5.32 Å². The summed E-state index contributed by atoms with van der Waals surface area (Å²) in [5.41, 5.74) is 2.71. The summed E-state index contributed by atoms with van der Waals surface area (Å²) in [6.07, 6.45) is 0.999. The van der Waals surface area contributed by atoms with Gasteiger partial charge in [-0.1, -0.05) is 24.3 Å². The molecule has 0 fully saturated rings. The fraction of sp³-hybridized carbons (Fsp3) is 0.438. The Kier molecular flexibility index (Phi) is 4.20. The summed E-state index contributed by atoms with van der Waals surface area (Å²) in [4.78, 5) is 18.6. The number of aryl methyl sites for hydroxylation is 1. The molecule has 6 nitrogen and oxygen atoms in total. The molecule has 0 unspecified atom stereocenters. The van der Waals surface area contributed by atoms with Gasteiger partial charge in [-0.15, -0.1) is 0 Å².